The van der Waals surface area contributed by atoms with Crippen LogP contribution < -0.4 is 21.7 Å². The third-order valence-electron chi connectivity index (χ3n) is 5.14. The van der Waals surface area contributed by atoms with Gasteiger partial charge in [-0.3, -0.25) is 19.2 Å². The Balaban J connectivity index is 3.14. The van der Waals surface area contributed by atoms with Crippen molar-refractivity contribution in [2.75, 3.05) is 5.75 Å². The van der Waals surface area contributed by atoms with Gasteiger partial charge in [-0.2, -0.15) is 12.6 Å². The van der Waals surface area contributed by atoms with Gasteiger partial charge >= 0.3 is 11.9 Å². The molecule has 0 aliphatic carbocycles. The number of carboxylic acids is 2. The Labute approximate surface area is 214 Å². The molecule has 4 atom stereocenters. The standard InChI is InChI=1S/C23H34N4O8S/c1-12(2)9-18(23(34)35)27-21(32)16(7-8-19(29)30)25-22(33)17(26-20(31)15(24)11-36)10-13-3-5-14(28)6-4-13/h3-6,12,15-18,28,36H,7-11,24H2,1-2H3,(H,25,33)(H,26,31)(H,27,32)(H,29,30)(H,34,35). The largest absolute Gasteiger partial charge is 0.508 e. The lowest BCUT2D eigenvalue weighted by Crippen LogP contribution is -2.58. The molecule has 12 nitrogen and oxygen atoms in total. The van der Waals surface area contributed by atoms with Crippen LogP contribution >= 0.6 is 12.6 Å². The number of nitrogens with two attached hydrogens (primary N) is 1. The zero-order chi connectivity index (χ0) is 27.4. The zero-order valence-electron chi connectivity index (χ0n) is 20.1. The van der Waals surface area contributed by atoms with E-state index in [4.69, 9.17) is 10.8 Å². The molecule has 13 heteroatoms. The summed E-state index contributed by atoms with van der Waals surface area (Å²) in [4.78, 5) is 61.0. The quantitative estimate of drug-likeness (QED) is 0.140. The molecule has 4 unspecified atom stereocenters. The van der Waals surface area contributed by atoms with E-state index < -0.39 is 60.2 Å². The van der Waals surface area contributed by atoms with Crippen molar-refractivity contribution in [2.24, 2.45) is 11.7 Å². The number of benzene rings is 1. The summed E-state index contributed by atoms with van der Waals surface area (Å²) in [6.07, 6.45) is -0.686. The Morgan fingerprint density at radius 3 is 1.92 bits per heavy atom. The molecule has 0 aromatic heterocycles. The second-order valence-corrected chi connectivity index (χ2v) is 9.11. The molecule has 1 aromatic rings. The molecule has 0 saturated heterocycles. The lowest BCUT2D eigenvalue weighted by molar-refractivity contribution is -0.143. The van der Waals surface area contributed by atoms with E-state index in [2.05, 4.69) is 28.6 Å². The predicted molar refractivity (Wildman–Crippen MR) is 133 cm³/mol. The molecule has 0 spiro atoms. The lowest BCUT2D eigenvalue weighted by Gasteiger charge is -2.25. The Kier molecular flexibility index (Phi) is 12.7. The van der Waals surface area contributed by atoms with Gasteiger partial charge in [-0.1, -0.05) is 26.0 Å². The number of aliphatic carboxylic acids is 2. The van der Waals surface area contributed by atoms with Gasteiger partial charge in [0.05, 0.1) is 6.04 Å². The minimum absolute atomic E-state index is 0.000622. The van der Waals surface area contributed by atoms with E-state index >= 15 is 0 Å². The molecule has 1 aromatic carbocycles. The van der Waals surface area contributed by atoms with E-state index in [0.29, 0.717) is 5.56 Å². The van der Waals surface area contributed by atoms with Crippen LogP contribution in [0, 0.1) is 5.92 Å². The fourth-order valence-corrected chi connectivity index (χ4v) is 3.38. The molecule has 1 rings (SSSR count). The fourth-order valence-electron chi connectivity index (χ4n) is 3.21. The van der Waals surface area contributed by atoms with Crippen molar-refractivity contribution in [1.29, 1.82) is 0 Å². The topological polar surface area (TPSA) is 208 Å². The number of carbonyl (C=O) groups excluding carboxylic acids is 3. The first kappa shape index (κ1) is 30.7. The normalized spacial score (nSPS) is 14.2. The zero-order valence-corrected chi connectivity index (χ0v) is 21.0. The van der Waals surface area contributed by atoms with Gasteiger partial charge in [-0.15, -0.1) is 0 Å². The summed E-state index contributed by atoms with van der Waals surface area (Å²) in [5, 5.41) is 35.3. The molecule has 36 heavy (non-hydrogen) atoms. The minimum atomic E-state index is -1.37. The van der Waals surface area contributed by atoms with Gasteiger partial charge in [0.25, 0.3) is 0 Å². The highest BCUT2D eigenvalue weighted by Crippen LogP contribution is 2.12. The molecule has 200 valence electrons. The van der Waals surface area contributed by atoms with Crippen LogP contribution in [0.1, 0.15) is 38.7 Å². The van der Waals surface area contributed by atoms with Gasteiger partial charge in [0.1, 0.15) is 23.9 Å². The van der Waals surface area contributed by atoms with E-state index in [1.165, 1.54) is 24.3 Å². The van der Waals surface area contributed by atoms with Crippen LogP contribution in [0.4, 0.5) is 0 Å². The van der Waals surface area contributed by atoms with Gasteiger partial charge in [-0.05, 0) is 36.5 Å². The van der Waals surface area contributed by atoms with Gasteiger partial charge in [-0.25, -0.2) is 4.79 Å². The molecule has 0 bridgehead atoms. The average Bonchev–Trinajstić information content (AvgIpc) is 2.80. The highest BCUT2D eigenvalue weighted by Gasteiger charge is 2.31. The van der Waals surface area contributed by atoms with Gasteiger partial charge in [0, 0.05) is 18.6 Å². The summed E-state index contributed by atoms with van der Waals surface area (Å²) < 4.78 is 0. The Morgan fingerprint density at radius 1 is 0.889 bits per heavy atom. The van der Waals surface area contributed by atoms with E-state index in [1.54, 1.807) is 13.8 Å². The third-order valence-corrected chi connectivity index (χ3v) is 5.54. The first-order chi connectivity index (χ1) is 16.8. The smallest absolute Gasteiger partial charge is 0.326 e. The predicted octanol–water partition coefficient (Wildman–Crippen LogP) is -0.358. The number of phenolic OH excluding ortho intramolecular Hbond substituents is 1. The number of hydrogen-bond acceptors (Lipinski definition) is 8. The third kappa shape index (κ3) is 11.0. The maximum atomic E-state index is 13.1. The molecule has 0 radical (unpaired) electrons. The summed E-state index contributed by atoms with van der Waals surface area (Å²) in [6.45, 7) is 3.55. The molecular formula is C23H34N4O8S. The lowest BCUT2D eigenvalue weighted by atomic mass is 10.0. The van der Waals surface area contributed by atoms with Crippen LogP contribution in [-0.4, -0.2) is 74.9 Å². The van der Waals surface area contributed by atoms with Crippen LogP contribution in [0.3, 0.4) is 0 Å². The highest BCUT2D eigenvalue weighted by atomic mass is 32.1. The van der Waals surface area contributed by atoms with Crippen molar-refractivity contribution in [2.45, 2.75) is 63.7 Å². The molecule has 0 aliphatic heterocycles. The first-order valence-electron chi connectivity index (χ1n) is 11.3. The Hall–Kier alpha value is -3.32. The van der Waals surface area contributed by atoms with Gasteiger partial charge < -0.3 is 37.0 Å². The second-order valence-electron chi connectivity index (χ2n) is 8.74. The maximum Gasteiger partial charge on any atom is 0.326 e. The number of carbonyl (C=O) groups is 5. The van der Waals surface area contributed by atoms with E-state index in [9.17, 15) is 34.2 Å². The van der Waals surface area contributed by atoms with Crippen molar-refractivity contribution in [3.63, 3.8) is 0 Å². The maximum absolute atomic E-state index is 13.1. The number of nitrogens with one attached hydrogen (secondary N) is 3. The number of phenols is 1. The number of aromatic hydroxyl groups is 1. The molecule has 0 saturated carbocycles. The molecule has 0 fully saturated rings. The second kappa shape index (κ2) is 14.9. The van der Waals surface area contributed by atoms with Crippen molar-refractivity contribution < 1.29 is 39.3 Å². The van der Waals surface area contributed by atoms with Crippen LogP contribution in [-0.2, 0) is 30.4 Å². The van der Waals surface area contributed by atoms with Crippen molar-refractivity contribution in [3.05, 3.63) is 29.8 Å². The van der Waals surface area contributed by atoms with E-state index in [-0.39, 0.29) is 36.7 Å². The number of carboxylic acid groups (broad SMARTS) is 2. The highest BCUT2D eigenvalue weighted by molar-refractivity contribution is 7.80. The van der Waals surface area contributed by atoms with Crippen molar-refractivity contribution >= 4 is 42.3 Å². The van der Waals surface area contributed by atoms with Gasteiger partial charge in [0.15, 0.2) is 0 Å². The molecular weight excluding hydrogens is 492 g/mol. The van der Waals surface area contributed by atoms with E-state index in [1.807, 2.05) is 0 Å². The average molecular weight is 527 g/mol. The first-order valence-corrected chi connectivity index (χ1v) is 12.0. The van der Waals surface area contributed by atoms with Gasteiger partial charge in [0.2, 0.25) is 17.7 Å². The number of thiol groups is 1. The molecule has 8 N–H and O–H groups in total. The van der Waals surface area contributed by atoms with Crippen LogP contribution in [0.25, 0.3) is 0 Å². The molecule has 3 amide bonds. The van der Waals surface area contributed by atoms with Crippen LogP contribution in [0.2, 0.25) is 0 Å². The van der Waals surface area contributed by atoms with Crippen LogP contribution in [0.15, 0.2) is 24.3 Å². The summed E-state index contributed by atoms with van der Waals surface area (Å²) >= 11 is 3.97. The summed E-state index contributed by atoms with van der Waals surface area (Å²) in [5.41, 5.74) is 6.26. The fraction of sp³-hybridized carbons (Fsp3) is 0.522. The Morgan fingerprint density at radius 2 is 1.42 bits per heavy atom. The summed E-state index contributed by atoms with van der Waals surface area (Å²) in [6, 6.07) is 1.05. The van der Waals surface area contributed by atoms with Crippen molar-refractivity contribution in [3.8, 4) is 5.75 Å². The number of rotatable bonds is 15. The minimum Gasteiger partial charge on any atom is -0.508 e. The van der Waals surface area contributed by atoms with Crippen LogP contribution in [0.5, 0.6) is 5.75 Å². The molecule has 0 aliphatic rings. The molecule has 0 heterocycles. The van der Waals surface area contributed by atoms with Crippen molar-refractivity contribution in [1.82, 2.24) is 16.0 Å². The van der Waals surface area contributed by atoms with E-state index in [0.717, 1.165) is 0 Å². The summed E-state index contributed by atoms with van der Waals surface area (Å²) in [7, 11) is 0. The number of amides is 3. The monoisotopic (exact) mass is 526 g/mol. The summed E-state index contributed by atoms with van der Waals surface area (Å²) in [5.74, 6) is -4.86. The Bertz CT molecular complexity index is 925. The SMILES string of the molecule is CC(C)CC(NC(=O)C(CCC(=O)O)NC(=O)C(Cc1ccc(O)cc1)NC(=O)C(N)CS)C(=O)O. The number of hydrogen-bond donors (Lipinski definition) is 8.